The van der Waals surface area contributed by atoms with Gasteiger partial charge < -0.3 is 5.32 Å². The number of hydrogen-bond acceptors (Lipinski definition) is 2. The molecule has 0 aromatic carbocycles. The van der Waals surface area contributed by atoms with Gasteiger partial charge in [0.15, 0.2) is 5.17 Å². The second kappa shape index (κ2) is 10.7. The van der Waals surface area contributed by atoms with Gasteiger partial charge in [-0.05, 0) is 12.8 Å². The Morgan fingerprint density at radius 3 is 2.33 bits per heavy atom. The molecular weight excluding hydrogens is 240 g/mol. The van der Waals surface area contributed by atoms with Crippen LogP contribution in [0, 0.1) is 0 Å². The molecule has 1 atom stereocenters. The predicted octanol–water partition coefficient (Wildman–Crippen LogP) is 4.60. The van der Waals surface area contributed by atoms with Gasteiger partial charge >= 0.3 is 0 Å². The van der Waals surface area contributed by atoms with Crippen LogP contribution < -0.4 is 5.32 Å². The molecule has 1 rings (SSSR count). The van der Waals surface area contributed by atoms with Crippen molar-refractivity contribution >= 4 is 16.9 Å². The van der Waals surface area contributed by atoms with Gasteiger partial charge in [-0.1, -0.05) is 70.6 Å². The SMILES string of the molecule is CCCCCCCCCCN=C1NC(CC)CS1. The lowest BCUT2D eigenvalue weighted by molar-refractivity contribution is 0.578. The molecule has 106 valence electrons. The minimum Gasteiger partial charge on any atom is -0.361 e. The fraction of sp³-hybridized carbons (Fsp3) is 0.933. The Labute approximate surface area is 117 Å². The zero-order chi connectivity index (χ0) is 13.1. The first-order valence-electron chi connectivity index (χ1n) is 7.80. The highest BCUT2D eigenvalue weighted by atomic mass is 32.2. The van der Waals surface area contributed by atoms with E-state index in [-0.39, 0.29) is 0 Å². The van der Waals surface area contributed by atoms with Crippen LogP contribution in [-0.4, -0.2) is 23.5 Å². The molecule has 1 saturated heterocycles. The lowest BCUT2D eigenvalue weighted by Gasteiger charge is -2.04. The molecule has 1 aliphatic rings. The first-order chi connectivity index (χ1) is 8.86. The van der Waals surface area contributed by atoms with Crippen LogP contribution >= 0.6 is 11.8 Å². The van der Waals surface area contributed by atoms with Gasteiger partial charge in [-0.3, -0.25) is 4.99 Å². The summed E-state index contributed by atoms with van der Waals surface area (Å²) in [6, 6.07) is 0.660. The predicted molar refractivity (Wildman–Crippen MR) is 84.6 cm³/mol. The van der Waals surface area contributed by atoms with Crippen LogP contribution in [0.25, 0.3) is 0 Å². The van der Waals surface area contributed by atoms with E-state index in [1.807, 2.05) is 11.8 Å². The summed E-state index contributed by atoms with van der Waals surface area (Å²) in [6.07, 6.45) is 12.3. The summed E-state index contributed by atoms with van der Waals surface area (Å²) >= 11 is 1.89. The highest BCUT2D eigenvalue weighted by molar-refractivity contribution is 8.14. The zero-order valence-electron chi connectivity index (χ0n) is 12.2. The average Bonchev–Trinajstić information content (AvgIpc) is 2.85. The summed E-state index contributed by atoms with van der Waals surface area (Å²) in [6.45, 7) is 5.53. The smallest absolute Gasteiger partial charge is 0.156 e. The van der Waals surface area contributed by atoms with Crippen LogP contribution in [0.3, 0.4) is 0 Å². The van der Waals surface area contributed by atoms with E-state index in [0.29, 0.717) is 6.04 Å². The lowest BCUT2D eigenvalue weighted by Crippen LogP contribution is -2.25. The second-order valence-electron chi connectivity index (χ2n) is 5.22. The largest absolute Gasteiger partial charge is 0.361 e. The summed E-state index contributed by atoms with van der Waals surface area (Å²) in [4.78, 5) is 4.64. The molecule has 0 aliphatic carbocycles. The molecule has 1 unspecified atom stereocenters. The van der Waals surface area contributed by atoms with Crippen LogP contribution in [0.15, 0.2) is 4.99 Å². The van der Waals surface area contributed by atoms with Crippen LogP contribution in [0.5, 0.6) is 0 Å². The molecule has 0 saturated carbocycles. The van der Waals surface area contributed by atoms with Gasteiger partial charge in [-0.15, -0.1) is 0 Å². The molecule has 0 aromatic heterocycles. The minimum atomic E-state index is 0.660. The summed E-state index contributed by atoms with van der Waals surface area (Å²) < 4.78 is 0. The van der Waals surface area contributed by atoms with E-state index < -0.39 is 0 Å². The molecular formula is C15H30N2S. The van der Waals surface area contributed by atoms with Gasteiger partial charge in [0, 0.05) is 18.3 Å². The Balaban J connectivity index is 1.88. The summed E-state index contributed by atoms with van der Waals surface area (Å²) in [5.74, 6) is 1.20. The summed E-state index contributed by atoms with van der Waals surface area (Å²) in [5.41, 5.74) is 0. The highest BCUT2D eigenvalue weighted by Gasteiger charge is 2.17. The molecule has 1 heterocycles. The lowest BCUT2D eigenvalue weighted by atomic mass is 10.1. The van der Waals surface area contributed by atoms with Crippen LogP contribution in [0.4, 0.5) is 0 Å². The number of rotatable bonds is 10. The van der Waals surface area contributed by atoms with Gasteiger partial charge in [0.2, 0.25) is 0 Å². The van der Waals surface area contributed by atoms with Crippen LogP contribution in [-0.2, 0) is 0 Å². The maximum atomic E-state index is 4.64. The third-order valence-electron chi connectivity index (χ3n) is 3.51. The van der Waals surface area contributed by atoms with Gasteiger partial charge in [-0.25, -0.2) is 0 Å². The van der Waals surface area contributed by atoms with E-state index in [1.54, 1.807) is 0 Å². The van der Waals surface area contributed by atoms with Gasteiger partial charge in [0.1, 0.15) is 0 Å². The van der Waals surface area contributed by atoms with Gasteiger partial charge in [0.25, 0.3) is 0 Å². The Hall–Kier alpha value is -0.180. The molecule has 1 fully saturated rings. The number of amidine groups is 1. The number of thioether (sulfide) groups is 1. The van der Waals surface area contributed by atoms with Crippen molar-refractivity contribution < 1.29 is 0 Å². The Kier molecular flexibility index (Phi) is 9.45. The first kappa shape index (κ1) is 15.9. The second-order valence-corrected chi connectivity index (χ2v) is 6.23. The molecule has 3 heteroatoms. The van der Waals surface area contributed by atoms with Crippen LogP contribution in [0.1, 0.15) is 71.6 Å². The van der Waals surface area contributed by atoms with Crippen molar-refractivity contribution in [1.29, 1.82) is 0 Å². The maximum absolute atomic E-state index is 4.64. The normalized spacial score (nSPS) is 21.4. The third kappa shape index (κ3) is 7.30. The molecule has 1 aliphatic heterocycles. The van der Waals surface area contributed by atoms with E-state index in [2.05, 4.69) is 24.2 Å². The fourth-order valence-electron chi connectivity index (χ4n) is 2.17. The fourth-order valence-corrected chi connectivity index (χ4v) is 3.29. The Morgan fingerprint density at radius 2 is 1.72 bits per heavy atom. The molecule has 1 N–H and O–H groups in total. The van der Waals surface area contributed by atoms with E-state index in [9.17, 15) is 0 Å². The molecule has 18 heavy (non-hydrogen) atoms. The van der Waals surface area contributed by atoms with Gasteiger partial charge in [0.05, 0.1) is 0 Å². The van der Waals surface area contributed by atoms with Crippen molar-refractivity contribution in [1.82, 2.24) is 5.32 Å². The molecule has 0 radical (unpaired) electrons. The first-order valence-corrected chi connectivity index (χ1v) is 8.79. The summed E-state index contributed by atoms with van der Waals surface area (Å²) in [5, 5.41) is 4.66. The van der Waals surface area contributed by atoms with Gasteiger partial charge in [-0.2, -0.15) is 0 Å². The number of nitrogens with zero attached hydrogens (tertiary/aromatic N) is 1. The Morgan fingerprint density at radius 1 is 1.06 bits per heavy atom. The minimum absolute atomic E-state index is 0.660. The standard InChI is InChI=1S/C15H30N2S/c1-3-5-6-7-8-9-10-11-12-16-15-17-14(4-2)13-18-15/h14H,3-13H2,1-2H3,(H,16,17). The van der Waals surface area contributed by atoms with Crippen molar-refractivity contribution in [3.63, 3.8) is 0 Å². The summed E-state index contributed by atoms with van der Waals surface area (Å²) in [7, 11) is 0. The van der Waals surface area contributed by atoms with Crippen molar-refractivity contribution in [3.05, 3.63) is 0 Å². The number of aliphatic imine (C=N–C) groups is 1. The molecule has 0 amide bonds. The topological polar surface area (TPSA) is 24.4 Å². The van der Waals surface area contributed by atoms with Crippen LogP contribution in [0.2, 0.25) is 0 Å². The quantitative estimate of drug-likeness (QED) is 0.587. The van der Waals surface area contributed by atoms with E-state index in [0.717, 1.165) is 6.54 Å². The number of hydrogen-bond donors (Lipinski definition) is 1. The molecule has 0 aromatic rings. The average molecular weight is 270 g/mol. The van der Waals surface area contributed by atoms with Crippen molar-refractivity contribution in [2.45, 2.75) is 77.7 Å². The molecule has 0 spiro atoms. The zero-order valence-corrected chi connectivity index (χ0v) is 13.0. The Bertz CT molecular complexity index is 229. The van der Waals surface area contributed by atoms with Crippen molar-refractivity contribution in [2.24, 2.45) is 4.99 Å². The van der Waals surface area contributed by atoms with E-state index >= 15 is 0 Å². The van der Waals surface area contributed by atoms with E-state index in [4.69, 9.17) is 0 Å². The monoisotopic (exact) mass is 270 g/mol. The highest BCUT2D eigenvalue weighted by Crippen LogP contribution is 2.16. The third-order valence-corrected chi connectivity index (χ3v) is 4.60. The van der Waals surface area contributed by atoms with E-state index in [1.165, 1.54) is 68.7 Å². The maximum Gasteiger partial charge on any atom is 0.156 e. The number of nitrogens with one attached hydrogen (secondary N) is 1. The molecule has 0 bridgehead atoms. The van der Waals surface area contributed by atoms with Crippen molar-refractivity contribution in [3.8, 4) is 0 Å². The van der Waals surface area contributed by atoms with Crippen molar-refractivity contribution in [2.75, 3.05) is 12.3 Å². The number of unbranched alkanes of at least 4 members (excludes halogenated alkanes) is 7. The molecule has 2 nitrogen and oxygen atoms in total.